The Morgan fingerprint density at radius 1 is 0.573 bits per heavy atom. The number of azo groups is 4. The van der Waals surface area contributed by atoms with Crippen molar-refractivity contribution >= 4 is 203 Å². The van der Waals surface area contributed by atoms with Crippen molar-refractivity contribution < 1.29 is 118 Å². The topological polar surface area (TPSA) is 707 Å². The number of nitrogens with one attached hydrogen (secondary N) is 2. The number of rotatable bonds is 34. The molecule has 0 aliphatic heterocycles. The fraction of sp³-hybridized carbons (Fsp3) is 0.262. The van der Waals surface area contributed by atoms with Crippen molar-refractivity contribution in [2.45, 2.75) is 67.0 Å². The molecule has 0 bridgehead atoms. The van der Waals surface area contributed by atoms with Crippen LogP contribution in [0.3, 0.4) is 0 Å². The third-order valence-corrected chi connectivity index (χ3v) is 22.0. The average molecular weight is 1820 g/mol. The Morgan fingerprint density at radius 3 is 1.63 bits per heavy atom. The molecule has 56 heteroatoms. The summed E-state index contributed by atoms with van der Waals surface area (Å²) in [4.78, 5) is 28.5. The highest BCUT2D eigenvalue weighted by Gasteiger charge is 2.25. The number of fused-ring (bicyclic) bond motifs is 3. The van der Waals surface area contributed by atoms with Crippen LogP contribution in [0.15, 0.2) is 164 Å². The largest absolute Gasteiger partial charge is 0.493 e. The van der Waals surface area contributed by atoms with E-state index in [9.17, 15) is 98.3 Å². The monoisotopic (exact) mass is 1820 g/mol. The molecular formula is C61H64N18O28S10. The Labute approximate surface area is 676 Å². The summed E-state index contributed by atoms with van der Waals surface area (Å²) in [6.07, 6.45) is -0.566. The van der Waals surface area contributed by atoms with Gasteiger partial charge in [-0.3, -0.25) is 41.8 Å². The van der Waals surface area contributed by atoms with Crippen LogP contribution in [0.1, 0.15) is 48.9 Å². The van der Waals surface area contributed by atoms with Gasteiger partial charge < -0.3 is 25.4 Å². The van der Waals surface area contributed by atoms with E-state index in [-0.39, 0.29) is 146 Å². The second kappa shape index (κ2) is 40.7. The van der Waals surface area contributed by atoms with Crippen molar-refractivity contribution in [2.24, 2.45) is 40.9 Å². The number of nitrogens with zero attached hydrogens (tertiary/aromatic N) is 16. The van der Waals surface area contributed by atoms with Crippen LogP contribution in [-0.2, 0) is 81.9 Å². The lowest BCUT2D eigenvalue weighted by atomic mass is 10.1. The zero-order valence-electron chi connectivity index (χ0n) is 59.5. The minimum Gasteiger partial charge on any atom is -0.493 e. The van der Waals surface area contributed by atoms with Gasteiger partial charge >= 0.3 is 21.2 Å². The van der Waals surface area contributed by atoms with E-state index in [1.54, 1.807) is 31.2 Å². The molecule has 117 heavy (non-hydrogen) atoms. The first kappa shape index (κ1) is 94.8. The van der Waals surface area contributed by atoms with Gasteiger partial charge in [0.2, 0.25) is 23.7 Å². The van der Waals surface area contributed by atoms with Gasteiger partial charge in [-0.25, -0.2) is 4.98 Å². The molecule has 0 amide bonds. The third kappa shape index (κ3) is 29.3. The number of aryl methyl sites for hydroxylation is 2. The molecule has 0 radical (unpaired) electrons. The van der Waals surface area contributed by atoms with Gasteiger partial charge in [-0.2, -0.15) is 80.9 Å². The SMILES string of the molecule is C.Cc1cc(N=Nc2c(C)c(C#N)c3nc4ccccc4n3c2O)c(OCCCS(=O)(=O)O)cc1N=Nc1cc(Nc2nc(Nc3cccc(S(=O)(=O)O)c3)nc(N(C)CCS(=O)(=O)O)n2)c(N=Nc2cc(C)c(N=Nc3ccc([N+](=O)[O-])cc3S(=O)(=O)O)cc2SCCCS(=O)(=O)O)cc1SCCCS(=O)(=O)O.O=S(=O)=O.O=S(=O)=O. The van der Waals surface area contributed by atoms with Crippen LogP contribution in [0.4, 0.5) is 80.4 Å². The van der Waals surface area contributed by atoms with Gasteiger partial charge in [0, 0.05) is 52.8 Å². The molecule has 0 aliphatic rings. The highest BCUT2D eigenvalue weighted by molar-refractivity contribution is 7.99. The Kier molecular flexibility index (Phi) is 33.0. The van der Waals surface area contributed by atoms with Gasteiger partial charge in [-0.1, -0.05) is 25.6 Å². The quantitative estimate of drug-likeness (QED) is 0.00452. The van der Waals surface area contributed by atoms with Gasteiger partial charge in [-0.15, -0.1) is 79.5 Å². The Bertz CT molecular complexity index is 6440. The standard InChI is InChI=1S/C60H60N18O22S8.CH4.2O3S/c1-34-25-47(72-75-55-36(3)40(33-61)56-63-41-13-5-6-14-50(41)77(56)57(55)79)51(100-18-8-21-103(82,83)84)30-43(34)69-74-49-29-45(64-59-65-58(62-37-11-7-12-39(27-37)107(94,95)96)66-60(67-59)76(4)17-24-106(91,92)93)46(32-53(49)102-20-10-23-105(88,89)90)71-73-48-26-35(2)44(31-52(48)101-19-9-22-104(85,86)87)70-68-42-16-15-38(78(80)81)28-54(42)108(97,98)99;;2*1-4(2)3/h5-7,11-16,25-32,79H,8-10,17-24H2,1-4H3,(H,82,83,84)(H,85,86,87)(H,88,89,90)(H,91,92,93)(H,94,95,96)(H,97,98,99)(H2,62,64,65,66,67);1H4;;. The molecule has 6 aromatic carbocycles. The first-order chi connectivity index (χ1) is 54.1. The molecule has 0 unspecified atom stereocenters. The fourth-order valence-electron chi connectivity index (χ4n) is 9.67. The summed E-state index contributed by atoms with van der Waals surface area (Å²) in [6.45, 7) is 3.80. The van der Waals surface area contributed by atoms with E-state index in [2.05, 4.69) is 77.6 Å². The average Bonchev–Trinajstić information content (AvgIpc) is 1.60. The lowest BCUT2D eigenvalue weighted by Gasteiger charge is -2.19. The van der Waals surface area contributed by atoms with E-state index in [4.69, 9.17) is 30.0 Å². The molecule has 0 aliphatic carbocycles. The molecule has 0 fully saturated rings. The molecular weight excluding hydrogens is 1750 g/mol. The lowest BCUT2D eigenvalue weighted by Crippen LogP contribution is -2.27. The van der Waals surface area contributed by atoms with Crippen molar-refractivity contribution in [3.8, 4) is 17.7 Å². The number of nitro groups is 1. The van der Waals surface area contributed by atoms with Crippen molar-refractivity contribution in [1.82, 2.24) is 24.3 Å². The van der Waals surface area contributed by atoms with Gasteiger partial charge in [0.15, 0.2) is 11.3 Å². The van der Waals surface area contributed by atoms with Crippen molar-refractivity contribution in [3.05, 3.63) is 135 Å². The summed E-state index contributed by atoms with van der Waals surface area (Å²) >= 11 is 1.93. The summed E-state index contributed by atoms with van der Waals surface area (Å²) in [5.74, 6) is -4.69. The van der Waals surface area contributed by atoms with Crippen LogP contribution in [0, 0.1) is 42.2 Å². The van der Waals surface area contributed by atoms with Crippen LogP contribution in [0.25, 0.3) is 16.7 Å². The molecule has 0 spiro atoms. The number of aromatic hydroxyl groups is 1. The molecule has 0 saturated carbocycles. The van der Waals surface area contributed by atoms with Gasteiger partial charge in [0.05, 0.1) is 73.2 Å². The first-order valence-electron chi connectivity index (χ1n) is 31.8. The molecule has 3 aromatic heterocycles. The number of hydrogen-bond donors (Lipinski definition) is 9. The van der Waals surface area contributed by atoms with Crippen LogP contribution in [0.2, 0.25) is 0 Å². The van der Waals surface area contributed by atoms with Gasteiger partial charge in [-0.05, 0) is 129 Å². The molecule has 9 N–H and O–H groups in total. The molecule has 46 nitrogen and oxygen atoms in total. The normalized spacial score (nSPS) is 12.1. The second-order valence-electron chi connectivity index (χ2n) is 23.4. The smallest absolute Gasteiger partial charge is 0.425 e. The number of pyridine rings is 1. The number of hydrogen-bond acceptors (Lipinski definition) is 40. The first-order valence-corrected chi connectivity index (χ1v) is 45.1. The Hall–Kier alpha value is -11.0. The maximum atomic E-state index is 12.4. The number of benzene rings is 6. The zero-order chi connectivity index (χ0) is 86.0. The number of imidazole rings is 1. The maximum absolute atomic E-state index is 12.4. The van der Waals surface area contributed by atoms with Crippen LogP contribution < -0.4 is 20.3 Å². The van der Waals surface area contributed by atoms with E-state index >= 15 is 0 Å². The number of thioether (sulfide) groups is 2. The third-order valence-electron chi connectivity index (χ3n) is 14.9. The van der Waals surface area contributed by atoms with E-state index in [1.807, 2.05) is 0 Å². The number of nitriles is 1. The van der Waals surface area contributed by atoms with E-state index in [0.717, 1.165) is 47.8 Å². The summed E-state index contributed by atoms with van der Waals surface area (Å²) in [6, 6.07) is 24.3. The molecule has 0 atom stereocenters. The number of nitro benzene ring substituents is 1. The second-order valence-corrected chi connectivity index (χ2v) is 35.6. The number of ether oxygens (including phenoxy) is 1. The molecule has 3 heterocycles. The minimum atomic E-state index is -5.13. The summed E-state index contributed by atoms with van der Waals surface area (Å²) in [5, 5.41) is 74.6. The number of anilines is 5. The van der Waals surface area contributed by atoms with Crippen LogP contribution in [-0.4, -0.2) is 192 Å². The summed E-state index contributed by atoms with van der Waals surface area (Å²) in [5.41, 5.74) is 0.0972. The summed E-state index contributed by atoms with van der Waals surface area (Å²) < 4.78 is 261. The zero-order valence-corrected chi connectivity index (χ0v) is 67.7. The van der Waals surface area contributed by atoms with E-state index in [1.165, 1.54) is 78.7 Å². The molecule has 9 aromatic rings. The van der Waals surface area contributed by atoms with E-state index < -0.39 is 149 Å². The van der Waals surface area contributed by atoms with Crippen LogP contribution >= 0.6 is 23.5 Å². The maximum Gasteiger partial charge on any atom is 0.425 e. The number of para-hydroxylation sites is 2. The minimum absolute atomic E-state index is 0. The lowest BCUT2D eigenvalue weighted by molar-refractivity contribution is -0.385. The Balaban J connectivity index is 0.00000226. The van der Waals surface area contributed by atoms with Crippen molar-refractivity contribution in [1.29, 1.82) is 5.26 Å². The fourth-order valence-corrected chi connectivity index (χ4v) is 15.1. The molecule has 0 saturated heterocycles. The van der Waals surface area contributed by atoms with Gasteiger partial charge in [0.25, 0.3) is 66.4 Å². The molecule has 9 rings (SSSR count). The van der Waals surface area contributed by atoms with Crippen molar-refractivity contribution in [2.75, 3.05) is 70.2 Å². The number of non-ortho nitro benzene ring substituents is 1. The predicted molar refractivity (Wildman–Crippen MR) is 421 cm³/mol. The van der Waals surface area contributed by atoms with E-state index in [0.29, 0.717) is 22.7 Å². The highest BCUT2D eigenvalue weighted by Crippen LogP contribution is 2.46. The summed E-state index contributed by atoms with van der Waals surface area (Å²) in [7, 11) is -32.9. The van der Waals surface area contributed by atoms with Crippen LogP contribution in [0.5, 0.6) is 11.6 Å². The van der Waals surface area contributed by atoms with Gasteiger partial charge in [0.1, 0.15) is 45.0 Å². The highest BCUT2D eigenvalue weighted by atomic mass is 32.2. The molecule has 626 valence electrons. The predicted octanol–water partition coefficient (Wildman–Crippen LogP) is 11.1. The Morgan fingerprint density at radius 2 is 1.08 bits per heavy atom. The van der Waals surface area contributed by atoms with Crippen molar-refractivity contribution in [3.63, 3.8) is 0 Å². The number of aromatic nitrogens is 5.